The molecule has 0 aliphatic rings. The lowest BCUT2D eigenvalue weighted by atomic mass is 10.1. The molecule has 0 fully saturated rings. The molecule has 0 unspecified atom stereocenters. The summed E-state index contributed by atoms with van der Waals surface area (Å²) in [6.07, 6.45) is 1.23. The van der Waals surface area contributed by atoms with E-state index in [0.29, 0.717) is 16.9 Å². The van der Waals surface area contributed by atoms with Crippen LogP contribution in [-0.4, -0.2) is 20.2 Å². The Morgan fingerprint density at radius 2 is 1.90 bits per heavy atom. The highest BCUT2D eigenvalue weighted by atomic mass is 16.6. The van der Waals surface area contributed by atoms with E-state index in [4.69, 9.17) is 0 Å². The van der Waals surface area contributed by atoms with E-state index in [0.717, 1.165) is 0 Å². The van der Waals surface area contributed by atoms with Crippen molar-refractivity contribution in [2.45, 2.75) is 6.92 Å². The van der Waals surface area contributed by atoms with Gasteiger partial charge in [-0.1, -0.05) is 30.3 Å². The molecule has 1 amide bonds. The normalized spacial score (nSPS) is 10.9. The van der Waals surface area contributed by atoms with Crippen LogP contribution in [0.3, 0.4) is 0 Å². The first-order chi connectivity index (χ1) is 14.8. The molecule has 0 saturated carbocycles. The van der Waals surface area contributed by atoms with Gasteiger partial charge in [0.25, 0.3) is 17.2 Å². The number of benzene rings is 2. The fourth-order valence-electron chi connectivity index (χ4n) is 2.94. The van der Waals surface area contributed by atoms with Gasteiger partial charge in [0.1, 0.15) is 17.3 Å². The summed E-state index contributed by atoms with van der Waals surface area (Å²) in [6.45, 7) is 1.71. The summed E-state index contributed by atoms with van der Waals surface area (Å²) in [6, 6.07) is 16.3. The number of hydrogen-bond acceptors (Lipinski definition) is 6. The lowest BCUT2D eigenvalue weighted by Gasteiger charge is -2.07. The second kappa shape index (κ2) is 8.79. The van der Waals surface area contributed by atoms with Crippen LogP contribution >= 0.6 is 0 Å². The first-order valence-corrected chi connectivity index (χ1v) is 9.10. The van der Waals surface area contributed by atoms with Crippen molar-refractivity contribution in [1.29, 1.82) is 5.26 Å². The van der Waals surface area contributed by atoms with E-state index in [1.807, 2.05) is 6.07 Å². The van der Waals surface area contributed by atoms with E-state index < -0.39 is 10.8 Å². The Labute approximate surface area is 176 Å². The summed E-state index contributed by atoms with van der Waals surface area (Å²) in [7, 11) is 1.71. The maximum absolute atomic E-state index is 12.8. The average molecular weight is 418 g/mol. The van der Waals surface area contributed by atoms with Crippen molar-refractivity contribution in [3.05, 3.63) is 91.9 Å². The number of nitro benzene ring substituents is 1. The number of nitriles is 1. The van der Waals surface area contributed by atoms with Crippen LogP contribution in [0, 0.1) is 28.4 Å². The summed E-state index contributed by atoms with van der Waals surface area (Å²) in [5, 5.41) is 20.2. The van der Waals surface area contributed by atoms with Crippen molar-refractivity contribution in [3.63, 3.8) is 0 Å². The monoisotopic (exact) mass is 418 g/mol. The number of carbonyl (C=O) groups excluding carboxylic acids is 1. The first-order valence-electron chi connectivity index (χ1n) is 9.10. The van der Waals surface area contributed by atoms with Crippen LogP contribution < -0.4 is 16.4 Å². The molecule has 2 N–H and O–H groups in total. The number of para-hydroxylation sites is 1. The molecule has 1 aromatic heterocycles. The zero-order valence-electron chi connectivity index (χ0n) is 16.7. The Hall–Kier alpha value is -4.65. The van der Waals surface area contributed by atoms with Crippen molar-refractivity contribution >= 4 is 23.4 Å². The van der Waals surface area contributed by atoms with E-state index in [-0.39, 0.29) is 22.5 Å². The quantitative estimate of drug-likeness (QED) is 0.273. The first kappa shape index (κ1) is 21.1. The Balaban J connectivity index is 1.83. The minimum Gasteiger partial charge on any atom is -0.291 e. The van der Waals surface area contributed by atoms with Gasteiger partial charge in [-0.05, 0) is 30.7 Å². The third kappa shape index (κ3) is 4.35. The number of rotatable bonds is 6. The molecule has 3 aromatic rings. The van der Waals surface area contributed by atoms with Gasteiger partial charge in [-0.3, -0.25) is 35.2 Å². The molecule has 3 rings (SSSR count). The van der Waals surface area contributed by atoms with Crippen LogP contribution in [0.1, 0.15) is 11.3 Å². The fourth-order valence-corrected chi connectivity index (χ4v) is 2.94. The largest absolute Gasteiger partial charge is 0.296 e. The van der Waals surface area contributed by atoms with Gasteiger partial charge in [-0.25, -0.2) is 4.68 Å². The van der Waals surface area contributed by atoms with E-state index in [9.17, 15) is 25.0 Å². The standard InChI is InChI=1S/C21H18N6O4/c1-14-19(21(29)26(25(14)2)17-8-4-3-5-9-17)23-24-20(28)16(13-22)11-15-7-6-10-18(12-15)27(30)31/h3-12,23H,1-2H3,(H,24,28)/b16-11+. The Morgan fingerprint density at radius 3 is 2.55 bits per heavy atom. The smallest absolute Gasteiger partial charge is 0.291 e. The van der Waals surface area contributed by atoms with Gasteiger partial charge in [-0.2, -0.15) is 5.26 Å². The minimum atomic E-state index is -0.789. The number of nitrogens with one attached hydrogen (secondary N) is 2. The van der Waals surface area contributed by atoms with E-state index in [1.54, 1.807) is 49.0 Å². The topological polar surface area (TPSA) is 135 Å². The number of hydrogen-bond donors (Lipinski definition) is 2. The molecular formula is C21H18N6O4. The number of amides is 1. The lowest BCUT2D eigenvalue weighted by Crippen LogP contribution is -2.33. The second-order valence-electron chi connectivity index (χ2n) is 6.54. The summed E-state index contributed by atoms with van der Waals surface area (Å²) < 4.78 is 3.07. The molecule has 2 aromatic carbocycles. The molecular weight excluding hydrogens is 400 g/mol. The van der Waals surface area contributed by atoms with Crippen molar-refractivity contribution in [2.24, 2.45) is 7.05 Å². The molecule has 10 heteroatoms. The molecule has 0 bridgehead atoms. The molecule has 0 saturated heterocycles. The van der Waals surface area contributed by atoms with Gasteiger partial charge in [0.05, 0.1) is 16.3 Å². The van der Waals surface area contributed by atoms with Crippen LogP contribution in [0.15, 0.2) is 65.0 Å². The summed E-state index contributed by atoms with van der Waals surface area (Å²) >= 11 is 0. The Kier molecular flexibility index (Phi) is 5.97. The molecule has 31 heavy (non-hydrogen) atoms. The number of carbonyl (C=O) groups is 1. The highest BCUT2D eigenvalue weighted by molar-refractivity contribution is 6.02. The molecule has 0 atom stereocenters. The number of anilines is 1. The van der Waals surface area contributed by atoms with Gasteiger partial charge < -0.3 is 0 Å². The van der Waals surface area contributed by atoms with Gasteiger partial charge in [0, 0.05) is 19.2 Å². The number of hydrazine groups is 1. The van der Waals surface area contributed by atoms with Crippen LogP contribution in [0.5, 0.6) is 0 Å². The number of aromatic nitrogens is 2. The predicted molar refractivity (Wildman–Crippen MR) is 114 cm³/mol. The third-order valence-corrected chi connectivity index (χ3v) is 4.61. The molecule has 0 aliphatic heterocycles. The van der Waals surface area contributed by atoms with Crippen LogP contribution in [-0.2, 0) is 11.8 Å². The number of non-ortho nitro benzene ring substituents is 1. The second-order valence-corrected chi connectivity index (χ2v) is 6.54. The van der Waals surface area contributed by atoms with Crippen molar-refractivity contribution in [3.8, 4) is 11.8 Å². The summed E-state index contributed by atoms with van der Waals surface area (Å²) in [5.74, 6) is -0.789. The minimum absolute atomic E-state index is 0.146. The Morgan fingerprint density at radius 1 is 1.19 bits per heavy atom. The van der Waals surface area contributed by atoms with Crippen molar-refractivity contribution in [2.75, 3.05) is 5.43 Å². The van der Waals surface area contributed by atoms with Crippen molar-refractivity contribution in [1.82, 2.24) is 14.8 Å². The van der Waals surface area contributed by atoms with Crippen LogP contribution in [0.2, 0.25) is 0 Å². The SMILES string of the molecule is Cc1c(NNC(=O)/C(C#N)=C/c2cccc([N+](=O)[O-])c2)c(=O)n(-c2ccccc2)n1C. The molecule has 0 radical (unpaired) electrons. The summed E-state index contributed by atoms with van der Waals surface area (Å²) in [4.78, 5) is 35.6. The average Bonchev–Trinajstić information content (AvgIpc) is 2.99. The molecule has 0 spiro atoms. The van der Waals surface area contributed by atoms with Gasteiger partial charge >= 0.3 is 0 Å². The maximum Gasteiger partial charge on any atom is 0.296 e. The van der Waals surface area contributed by atoms with E-state index >= 15 is 0 Å². The molecule has 0 aliphatic carbocycles. The predicted octanol–water partition coefficient (Wildman–Crippen LogP) is 2.44. The number of nitro groups is 1. The molecule has 10 nitrogen and oxygen atoms in total. The number of nitrogens with zero attached hydrogens (tertiary/aromatic N) is 4. The maximum atomic E-state index is 12.8. The van der Waals surface area contributed by atoms with Crippen LogP contribution in [0.25, 0.3) is 11.8 Å². The van der Waals surface area contributed by atoms with E-state index in [2.05, 4.69) is 10.9 Å². The molecule has 156 valence electrons. The zero-order chi connectivity index (χ0) is 22.5. The third-order valence-electron chi connectivity index (χ3n) is 4.61. The highest BCUT2D eigenvalue weighted by Gasteiger charge is 2.17. The van der Waals surface area contributed by atoms with Crippen LogP contribution in [0.4, 0.5) is 11.4 Å². The van der Waals surface area contributed by atoms with Gasteiger partial charge in [-0.15, -0.1) is 0 Å². The fraction of sp³-hybridized carbons (Fsp3) is 0.0952. The molecule has 1 heterocycles. The van der Waals surface area contributed by atoms with Crippen molar-refractivity contribution < 1.29 is 9.72 Å². The van der Waals surface area contributed by atoms with Gasteiger partial charge in [0.2, 0.25) is 0 Å². The lowest BCUT2D eigenvalue weighted by molar-refractivity contribution is -0.384. The van der Waals surface area contributed by atoms with Gasteiger partial charge in [0.15, 0.2) is 0 Å². The highest BCUT2D eigenvalue weighted by Crippen LogP contribution is 2.16. The summed E-state index contributed by atoms with van der Waals surface area (Å²) in [5.41, 5.74) is 5.79. The van der Waals surface area contributed by atoms with E-state index in [1.165, 1.54) is 35.0 Å². The zero-order valence-corrected chi connectivity index (χ0v) is 16.7. The Bertz CT molecular complexity index is 1280.